The van der Waals surface area contributed by atoms with Crippen LogP contribution in [0.1, 0.15) is 38.5 Å². The van der Waals surface area contributed by atoms with Crippen LogP contribution in [-0.2, 0) is 9.59 Å². The van der Waals surface area contributed by atoms with Gasteiger partial charge in [-0.05, 0) is 31.8 Å². The van der Waals surface area contributed by atoms with E-state index in [-0.39, 0.29) is 17.6 Å². The third-order valence-electron chi connectivity index (χ3n) is 3.59. The molecule has 1 saturated heterocycles. The first-order valence-corrected chi connectivity index (χ1v) is 6.17. The molecule has 0 radical (unpaired) electrons. The smallest absolute Gasteiger partial charge is 0.229 e. The Hall–Kier alpha value is -1.12. The summed E-state index contributed by atoms with van der Waals surface area (Å²) in [4.78, 5) is 25.3. The first-order chi connectivity index (χ1) is 7.68. The molecule has 16 heavy (non-hydrogen) atoms. The zero-order valence-electron chi connectivity index (χ0n) is 9.87. The average molecular weight is 221 g/mol. The van der Waals surface area contributed by atoms with E-state index in [1.54, 1.807) is 6.08 Å². The average Bonchev–Trinajstić information content (AvgIpc) is 2.42. The number of nitrogens with zero attached hydrogens (tertiary/aromatic N) is 1. The maximum absolute atomic E-state index is 12.1. The molecule has 3 heteroatoms. The lowest BCUT2D eigenvalue weighted by Crippen LogP contribution is -2.33. The van der Waals surface area contributed by atoms with Crippen LogP contribution < -0.4 is 0 Å². The Labute approximate surface area is 96.5 Å². The molecule has 1 heterocycles. The van der Waals surface area contributed by atoms with Crippen molar-refractivity contribution in [2.45, 2.75) is 38.5 Å². The molecule has 0 aromatic rings. The fourth-order valence-corrected chi connectivity index (χ4v) is 2.63. The maximum atomic E-state index is 12.1. The van der Waals surface area contributed by atoms with Gasteiger partial charge in [0, 0.05) is 20.0 Å². The van der Waals surface area contributed by atoms with Crippen LogP contribution in [0.5, 0.6) is 0 Å². The summed E-state index contributed by atoms with van der Waals surface area (Å²) in [5, 5.41) is 0. The Morgan fingerprint density at radius 1 is 1.19 bits per heavy atom. The molecule has 0 aromatic carbocycles. The number of allylic oxidation sites excluding steroid dienone is 1. The first-order valence-electron chi connectivity index (χ1n) is 6.17. The molecule has 0 spiro atoms. The van der Waals surface area contributed by atoms with Gasteiger partial charge >= 0.3 is 0 Å². The van der Waals surface area contributed by atoms with E-state index >= 15 is 0 Å². The van der Waals surface area contributed by atoms with Crippen molar-refractivity contribution in [1.29, 1.82) is 0 Å². The van der Waals surface area contributed by atoms with Crippen LogP contribution in [-0.4, -0.2) is 30.2 Å². The second kappa shape index (κ2) is 4.81. The third kappa shape index (κ3) is 2.34. The van der Waals surface area contributed by atoms with Crippen LogP contribution >= 0.6 is 0 Å². The van der Waals surface area contributed by atoms with Crippen LogP contribution in [0.15, 0.2) is 11.6 Å². The highest BCUT2D eigenvalue weighted by molar-refractivity contribution is 5.93. The Morgan fingerprint density at radius 3 is 2.75 bits per heavy atom. The van der Waals surface area contributed by atoms with Gasteiger partial charge in [-0.3, -0.25) is 9.59 Å². The van der Waals surface area contributed by atoms with Crippen molar-refractivity contribution in [3.63, 3.8) is 0 Å². The molecule has 0 aromatic heterocycles. The topological polar surface area (TPSA) is 37.4 Å². The standard InChI is InChI=1S/C13H19NO2/c1-14-8-3-2-7-12(13(14)16)10-5-4-6-11(15)9-10/h9,12H,2-8H2,1H3/t12-/m0/s1. The SMILES string of the molecule is CN1CCCC[C@@H](C2=CC(=O)CCC2)C1=O. The van der Waals surface area contributed by atoms with Gasteiger partial charge in [0.1, 0.15) is 0 Å². The van der Waals surface area contributed by atoms with Crippen LogP contribution in [0.25, 0.3) is 0 Å². The molecule has 1 fully saturated rings. The fourth-order valence-electron chi connectivity index (χ4n) is 2.63. The molecule has 1 amide bonds. The summed E-state index contributed by atoms with van der Waals surface area (Å²) >= 11 is 0. The van der Waals surface area contributed by atoms with E-state index in [1.165, 1.54) is 0 Å². The molecular weight excluding hydrogens is 202 g/mol. The molecule has 1 aliphatic heterocycles. The zero-order valence-corrected chi connectivity index (χ0v) is 9.87. The molecular formula is C13H19NO2. The summed E-state index contributed by atoms with van der Waals surface area (Å²) in [5.41, 5.74) is 1.08. The van der Waals surface area contributed by atoms with Crippen LogP contribution in [0.2, 0.25) is 0 Å². The lowest BCUT2D eigenvalue weighted by molar-refractivity contribution is -0.132. The Kier molecular flexibility index (Phi) is 3.42. The van der Waals surface area contributed by atoms with Gasteiger partial charge < -0.3 is 4.90 Å². The zero-order chi connectivity index (χ0) is 11.5. The Bertz CT molecular complexity index is 333. The van der Waals surface area contributed by atoms with Gasteiger partial charge in [0.05, 0.1) is 5.92 Å². The van der Waals surface area contributed by atoms with Gasteiger partial charge in [-0.25, -0.2) is 0 Å². The third-order valence-corrected chi connectivity index (χ3v) is 3.59. The van der Waals surface area contributed by atoms with Gasteiger partial charge in [-0.2, -0.15) is 0 Å². The number of carbonyl (C=O) groups is 2. The van der Waals surface area contributed by atoms with E-state index in [0.29, 0.717) is 6.42 Å². The molecule has 2 rings (SSSR count). The Balaban J connectivity index is 2.17. The molecule has 0 unspecified atom stereocenters. The van der Waals surface area contributed by atoms with Crippen molar-refractivity contribution in [2.24, 2.45) is 5.92 Å². The number of ketones is 1. The molecule has 0 N–H and O–H groups in total. The largest absolute Gasteiger partial charge is 0.345 e. The van der Waals surface area contributed by atoms with Crippen molar-refractivity contribution in [3.8, 4) is 0 Å². The first kappa shape index (κ1) is 11.4. The van der Waals surface area contributed by atoms with Gasteiger partial charge in [0.25, 0.3) is 0 Å². The second-order valence-electron chi connectivity index (χ2n) is 4.85. The summed E-state index contributed by atoms with van der Waals surface area (Å²) in [6.07, 6.45) is 7.31. The molecule has 2 aliphatic rings. The molecule has 3 nitrogen and oxygen atoms in total. The number of rotatable bonds is 1. The summed E-state index contributed by atoms with van der Waals surface area (Å²) in [6, 6.07) is 0. The normalized spacial score (nSPS) is 27.7. The summed E-state index contributed by atoms with van der Waals surface area (Å²) in [5.74, 6) is 0.385. The predicted octanol–water partition coefficient (Wildman–Crippen LogP) is 1.92. The fraction of sp³-hybridized carbons (Fsp3) is 0.692. The predicted molar refractivity (Wildman–Crippen MR) is 61.9 cm³/mol. The second-order valence-corrected chi connectivity index (χ2v) is 4.85. The van der Waals surface area contributed by atoms with E-state index in [1.807, 2.05) is 11.9 Å². The number of carbonyl (C=O) groups excluding carboxylic acids is 2. The minimum Gasteiger partial charge on any atom is -0.345 e. The monoisotopic (exact) mass is 221 g/mol. The van der Waals surface area contributed by atoms with Crippen molar-refractivity contribution in [1.82, 2.24) is 4.90 Å². The number of hydrogen-bond acceptors (Lipinski definition) is 2. The molecule has 0 bridgehead atoms. The van der Waals surface area contributed by atoms with Gasteiger partial charge in [-0.1, -0.05) is 12.0 Å². The molecule has 1 atom stereocenters. The lowest BCUT2D eigenvalue weighted by atomic mass is 9.85. The number of likely N-dealkylation sites (tertiary alicyclic amines) is 1. The van der Waals surface area contributed by atoms with Crippen molar-refractivity contribution < 1.29 is 9.59 Å². The van der Waals surface area contributed by atoms with Crippen LogP contribution in [0, 0.1) is 5.92 Å². The van der Waals surface area contributed by atoms with Crippen LogP contribution in [0.3, 0.4) is 0 Å². The van der Waals surface area contributed by atoms with Crippen molar-refractivity contribution >= 4 is 11.7 Å². The minimum atomic E-state index is -0.0169. The number of amides is 1. The highest BCUT2D eigenvalue weighted by Gasteiger charge is 2.29. The van der Waals surface area contributed by atoms with E-state index in [0.717, 1.165) is 44.2 Å². The molecule has 88 valence electrons. The van der Waals surface area contributed by atoms with E-state index < -0.39 is 0 Å². The summed E-state index contributed by atoms with van der Waals surface area (Å²) in [6.45, 7) is 0.858. The maximum Gasteiger partial charge on any atom is 0.229 e. The van der Waals surface area contributed by atoms with Gasteiger partial charge in [0.2, 0.25) is 5.91 Å². The van der Waals surface area contributed by atoms with E-state index in [2.05, 4.69) is 0 Å². The summed E-state index contributed by atoms with van der Waals surface area (Å²) in [7, 11) is 1.87. The lowest BCUT2D eigenvalue weighted by Gasteiger charge is -2.23. The van der Waals surface area contributed by atoms with E-state index in [9.17, 15) is 9.59 Å². The van der Waals surface area contributed by atoms with Gasteiger partial charge in [-0.15, -0.1) is 0 Å². The molecule has 1 aliphatic carbocycles. The van der Waals surface area contributed by atoms with Crippen molar-refractivity contribution in [3.05, 3.63) is 11.6 Å². The van der Waals surface area contributed by atoms with Gasteiger partial charge in [0.15, 0.2) is 5.78 Å². The van der Waals surface area contributed by atoms with Crippen LogP contribution in [0.4, 0.5) is 0 Å². The summed E-state index contributed by atoms with van der Waals surface area (Å²) < 4.78 is 0. The highest BCUT2D eigenvalue weighted by Crippen LogP contribution is 2.29. The minimum absolute atomic E-state index is 0.0169. The number of hydrogen-bond donors (Lipinski definition) is 0. The van der Waals surface area contributed by atoms with E-state index in [4.69, 9.17) is 0 Å². The molecule has 0 saturated carbocycles. The quantitative estimate of drug-likeness (QED) is 0.678. The highest BCUT2D eigenvalue weighted by atomic mass is 16.2. The Morgan fingerprint density at radius 2 is 2.00 bits per heavy atom. The van der Waals surface area contributed by atoms with Crippen molar-refractivity contribution in [2.75, 3.05) is 13.6 Å².